The molecule has 1 amide bonds. The molecule has 1 N–H and O–H groups in total. The molecule has 22 heavy (non-hydrogen) atoms. The zero-order chi connectivity index (χ0) is 16.9. The molecule has 0 unspecified atom stereocenters. The van der Waals surface area contributed by atoms with Crippen molar-refractivity contribution in [2.24, 2.45) is 0 Å². The number of carbonyl (C=O) groups is 3. The van der Waals surface area contributed by atoms with Gasteiger partial charge in [0.25, 0.3) is 0 Å². The first-order valence-electron chi connectivity index (χ1n) is 5.90. The molecular weight excluding hydrogens is 316 g/mol. The van der Waals surface area contributed by atoms with E-state index in [4.69, 9.17) is 0 Å². The quantitative estimate of drug-likeness (QED) is 0.566. The van der Waals surface area contributed by atoms with Crippen molar-refractivity contribution in [1.29, 1.82) is 0 Å². The maximum atomic E-state index is 12.2. The standard InChI is InChI=1S/C12H14N2O7S/c1-8(15)13-9-2-4-10(5-3-9)22(20,21)14(6-11(16)17)7-12(18)19/h2-5H,6-7H2,1H3,(H,13,15)(H,16,17)(H,18,19)/p-2. The van der Waals surface area contributed by atoms with Crippen LogP contribution >= 0.6 is 0 Å². The number of amides is 1. The highest BCUT2D eigenvalue weighted by atomic mass is 32.2. The molecule has 1 rings (SSSR count). The van der Waals surface area contributed by atoms with E-state index in [9.17, 15) is 33.0 Å². The number of aliphatic carboxylic acids is 2. The van der Waals surface area contributed by atoms with Gasteiger partial charge in [-0.15, -0.1) is 0 Å². The maximum Gasteiger partial charge on any atom is 0.243 e. The number of carboxylic acid groups (broad SMARTS) is 2. The number of rotatable bonds is 7. The van der Waals surface area contributed by atoms with E-state index in [1.807, 2.05) is 0 Å². The van der Waals surface area contributed by atoms with Gasteiger partial charge in [-0.1, -0.05) is 0 Å². The summed E-state index contributed by atoms with van der Waals surface area (Å²) in [4.78, 5) is 31.7. The number of nitrogens with one attached hydrogen (secondary N) is 1. The highest BCUT2D eigenvalue weighted by Gasteiger charge is 2.24. The highest BCUT2D eigenvalue weighted by molar-refractivity contribution is 7.89. The fraction of sp³-hybridized carbons (Fsp3) is 0.250. The lowest BCUT2D eigenvalue weighted by Crippen LogP contribution is -2.46. The van der Waals surface area contributed by atoms with Gasteiger partial charge in [0, 0.05) is 12.6 Å². The van der Waals surface area contributed by atoms with Crippen LogP contribution in [0.15, 0.2) is 29.2 Å². The first-order valence-corrected chi connectivity index (χ1v) is 7.34. The molecule has 1 aromatic rings. The Bertz CT molecular complexity index is 666. The van der Waals surface area contributed by atoms with Crippen LogP contribution in [0.3, 0.4) is 0 Å². The Hall–Kier alpha value is -2.46. The summed E-state index contributed by atoms with van der Waals surface area (Å²) in [7, 11) is -4.36. The molecule has 0 radical (unpaired) electrons. The second-order valence-corrected chi connectivity index (χ2v) is 6.16. The molecule has 0 fully saturated rings. The van der Waals surface area contributed by atoms with E-state index in [0.29, 0.717) is 5.69 Å². The normalized spacial score (nSPS) is 11.2. The van der Waals surface area contributed by atoms with Crippen LogP contribution in [-0.2, 0) is 24.4 Å². The Morgan fingerprint density at radius 2 is 1.50 bits per heavy atom. The number of carbonyl (C=O) groups excluding carboxylic acids is 3. The third-order valence-electron chi connectivity index (χ3n) is 2.42. The van der Waals surface area contributed by atoms with Crippen LogP contribution in [0, 0.1) is 0 Å². The summed E-state index contributed by atoms with van der Waals surface area (Å²) in [5.41, 5.74) is 0.331. The Balaban J connectivity index is 3.10. The van der Waals surface area contributed by atoms with Gasteiger partial charge in [0.2, 0.25) is 15.9 Å². The Kier molecular flexibility index (Phi) is 5.60. The number of hydrogen-bond donors (Lipinski definition) is 1. The fourth-order valence-corrected chi connectivity index (χ4v) is 2.91. The number of benzene rings is 1. The Morgan fingerprint density at radius 1 is 1.05 bits per heavy atom. The van der Waals surface area contributed by atoms with Crippen molar-refractivity contribution in [3.05, 3.63) is 24.3 Å². The van der Waals surface area contributed by atoms with Crippen LogP contribution in [-0.4, -0.2) is 43.7 Å². The third kappa shape index (κ3) is 4.82. The lowest BCUT2D eigenvalue weighted by Gasteiger charge is -2.23. The van der Waals surface area contributed by atoms with Gasteiger partial charge in [-0.3, -0.25) is 4.79 Å². The maximum absolute atomic E-state index is 12.2. The Morgan fingerprint density at radius 3 is 1.86 bits per heavy atom. The highest BCUT2D eigenvalue weighted by Crippen LogP contribution is 2.18. The minimum atomic E-state index is -4.36. The minimum Gasteiger partial charge on any atom is -0.549 e. The average molecular weight is 328 g/mol. The van der Waals surface area contributed by atoms with Crippen LogP contribution in [0.5, 0.6) is 0 Å². The third-order valence-corrected chi connectivity index (χ3v) is 4.23. The van der Waals surface area contributed by atoms with Crippen molar-refractivity contribution in [3.63, 3.8) is 0 Å². The van der Waals surface area contributed by atoms with Gasteiger partial charge >= 0.3 is 0 Å². The summed E-state index contributed by atoms with van der Waals surface area (Å²) >= 11 is 0. The summed E-state index contributed by atoms with van der Waals surface area (Å²) in [6.45, 7) is -0.973. The van der Waals surface area contributed by atoms with Gasteiger partial charge < -0.3 is 25.1 Å². The first-order chi connectivity index (χ1) is 10.1. The molecule has 0 aliphatic heterocycles. The van der Waals surface area contributed by atoms with Gasteiger partial charge in [0.05, 0.1) is 29.9 Å². The summed E-state index contributed by atoms with van der Waals surface area (Å²) < 4.78 is 24.6. The van der Waals surface area contributed by atoms with Gasteiger partial charge in [0.1, 0.15) is 0 Å². The summed E-state index contributed by atoms with van der Waals surface area (Å²) in [6, 6.07) is 4.78. The van der Waals surface area contributed by atoms with Crippen LogP contribution in [0.1, 0.15) is 6.92 Å². The topological polar surface area (TPSA) is 147 Å². The summed E-state index contributed by atoms with van der Waals surface area (Å²) in [6.07, 6.45) is 0. The van der Waals surface area contributed by atoms with Crippen LogP contribution in [0.25, 0.3) is 0 Å². The van der Waals surface area contributed by atoms with Crippen molar-refractivity contribution in [3.8, 4) is 0 Å². The van der Waals surface area contributed by atoms with E-state index in [1.54, 1.807) is 0 Å². The van der Waals surface area contributed by atoms with Crippen molar-refractivity contribution in [1.82, 2.24) is 4.31 Å². The largest absolute Gasteiger partial charge is 0.549 e. The number of carboxylic acids is 2. The van der Waals surface area contributed by atoms with Crippen molar-refractivity contribution in [2.75, 3.05) is 18.4 Å². The number of anilines is 1. The molecule has 0 bridgehead atoms. The second-order valence-electron chi connectivity index (χ2n) is 4.22. The van der Waals surface area contributed by atoms with Crippen LogP contribution < -0.4 is 15.5 Å². The molecule has 120 valence electrons. The molecule has 0 atom stereocenters. The first kappa shape index (κ1) is 17.6. The average Bonchev–Trinajstić information content (AvgIpc) is 2.36. The molecule has 0 aromatic heterocycles. The van der Waals surface area contributed by atoms with Crippen LogP contribution in [0.2, 0.25) is 0 Å². The van der Waals surface area contributed by atoms with E-state index >= 15 is 0 Å². The molecule has 1 aromatic carbocycles. The Labute approximate surface area is 126 Å². The number of sulfonamides is 1. The fourth-order valence-electron chi connectivity index (χ4n) is 1.58. The van der Waals surface area contributed by atoms with Crippen molar-refractivity contribution < 1.29 is 33.0 Å². The number of hydrogen-bond acceptors (Lipinski definition) is 7. The number of nitrogens with zero attached hydrogens (tertiary/aromatic N) is 1. The van der Waals surface area contributed by atoms with Crippen LogP contribution in [0.4, 0.5) is 5.69 Å². The zero-order valence-corrected chi connectivity index (χ0v) is 12.3. The lowest BCUT2D eigenvalue weighted by atomic mass is 10.3. The molecule has 10 heteroatoms. The molecule has 0 aliphatic rings. The lowest BCUT2D eigenvalue weighted by molar-refractivity contribution is -0.308. The van der Waals surface area contributed by atoms with Gasteiger partial charge in [-0.2, -0.15) is 4.31 Å². The molecule has 0 heterocycles. The molecule has 9 nitrogen and oxygen atoms in total. The molecular formula is C12H12N2O7S-2. The van der Waals surface area contributed by atoms with E-state index < -0.39 is 35.1 Å². The molecule has 0 saturated carbocycles. The summed E-state index contributed by atoms with van der Waals surface area (Å²) in [5, 5.41) is 23.6. The second kappa shape index (κ2) is 7.00. The molecule has 0 aliphatic carbocycles. The molecule has 0 saturated heterocycles. The monoisotopic (exact) mass is 328 g/mol. The predicted octanol–water partition coefficient (Wildman–Crippen LogP) is -2.86. The zero-order valence-electron chi connectivity index (χ0n) is 11.4. The van der Waals surface area contributed by atoms with E-state index in [1.165, 1.54) is 19.1 Å². The molecule has 0 spiro atoms. The van der Waals surface area contributed by atoms with E-state index in [2.05, 4.69) is 5.32 Å². The van der Waals surface area contributed by atoms with Crippen molar-refractivity contribution in [2.45, 2.75) is 11.8 Å². The minimum absolute atomic E-state index is 0.213. The predicted molar refractivity (Wildman–Crippen MR) is 69.5 cm³/mol. The SMILES string of the molecule is CC(=O)Nc1ccc(S(=O)(=O)N(CC(=O)[O-])CC(=O)[O-])cc1. The smallest absolute Gasteiger partial charge is 0.243 e. The van der Waals surface area contributed by atoms with Crippen molar-refractivity contribution >= 4 is 33.6 Å². The van der Waals surface area contributed by atoms with E-state index in [0.717, 1.165) is 12.1 Å². The van der Waals surface area contributed by atoms with E-state index in [-0.39, 0.29) is 15.1 Å². The van der Waals surface area contributed by atoms with Gasteiger partial charge in [-0.25, -0.2) is 8.42 Å². The van der Waals surface area contributed by atoms with Gasteiger partial charge in [0.15, 0.2) is 0 Å². The van der Waals surface area contributed by atoms with Gasteiger partial charge in [-0.05, 0) is 24.3 Å². The summed E-state index contributed by atoms with van der Waals surface area (Å²) in [5.74, 6) is -3.86.